The summed E-state index contributed by atoms with van der Waals surface area (Å²) in [4.78, 5) is 25.8. The third-order valence-corrected chi connectivity index (χ3v) is 4.68. The van der Waals surface area contributed by atoms with Gasteiger partial charge in [-0.15, -0.1) is 0 Å². The summed E-state index contributed by atoms with van der Waals surface area (Å²) in [5.74, 6) is 1.05. The van der Waals surface area contributed by atoms with E-state index in [0.29, 0.717) is 17.2 Å². The summed E-state index contributed by atoms with van der Waals surface area (Å²) in [6, 6.07) is 11.1. The molecule has 0 bridgehead atoms. The standard InChI is InChI=1S/C22H24N2O4/c1-15(25)24-12-4-5-17-14-18(8-9-19(17)24)23-22(26)11-7-16-6-10-20(27-2)21(13-16)28-3/h6-11,13-14H,4-5,12H2,1-3H3,(H,23,26). The fraction of sp³-hybridized carbons (Fsp3) is 0.273. The molecule has 1 heterocycles. The van der Waals surface area contributed by atoms with Crippen molar-refractivity contribution in [2.45, 2.75) is 19.8 Å². The SMILES string of the molecule is COc1ccc(C=CC(=O)Nc2ccc3c(c2)CCCN3C(C)=O)cc1OC. The van der Waals surface area contributed by atoms with Crippen LogP contribution < -0.4 is 19.7 Å². The Morgan fingerprint density at radius 3 is 2.57 bits per heavy atom. The molecule has 2 aromatic rings. The molecule has 28 heavy (non-hydrogen) atoms. The second kappa shape index (κ2) is 8.61. The largest absolute Gasteiger partial charge is 0.493 e. The van der Waals surface area contributed by atoms with Crippen molar-refractivity contribution < 1.29 is 19.1 Å². The maximum absolute atomic E-state index is 12.3. The number of nitrogens with one attached hydrogen (secondary N) is 1. The van der Waals surface area contributed by atoms with Crippen LogP contribution in [0.25, 0.3) is 6.08 Å². The lowest BCUT2D eigenvalue weighted by molar-refractivity contribution is -0.116. The number of methoxy groups -OCH3 is 2. The van der Waals surface area contributed by atoms with Crippen LogP contribution in [0.5, 0.6) is 11.5 Å². The third-order valence-electron chi connectivity index (χ3n) is 4.68. The van der Waals surface area contributed by atoms with Crippen molar-refractivity contribution in [3.63, 3.8) is 0 Å². The van der Waals surface area contributed by atoms with Crippen molar-refractivity contribution in [1.82, 2.24) is 0 Å². The minimum absolute atomic E-state index is 0.0376. The van der Waals surface area contributed by atoms with Gasteiger partial charge in [0.1, 0.15) is 0 Å². The Hall–Kier alpha value is -3.28. The summed E-state index contributed by atoms with van der Waals surface area (Å²) < 4.78 is 10.5. The Morgan fingerprint density at radius 2 is 1.86 bits per heavy atom. The van der Waals surface area contributed by atoms with Gasteiger partial charge in [-0.1, -0.05) is 6.07 Å². The summed E-state index contributed by atoms with van der Waals surface area (Å²) >= 11 is 0. The average molecular weight is 380 g/mol. The molecule has 0 atom stereocenters. The Morgan fingerprint density at radius 1 is 1.07 bits per heavy atom. The molecule has 0 fully saturated rings. The van der Waals surface area contributed by atoms with Crippen LogP contribution in [0.3, 0.4) is 0 Å². The van der Waals surface area contributed by atoms with Crippen molar-refractivity contribution in [3.05, 3.63) is 53.6 Å². The van der Waals surface area contributed by atoms with Crippen molar-refractivity contribution in [2.24, 2.45) is 0 Å². The molecule has 2 aromatic carbocycles. The van der Waals surface area contributed by atoms with Gasteiger partial charge in [0.15, 0.2) is 11.5 Å². The minimum Gasteiger partial charge on any atom is -0.493 e. The van der Waals surface area contributed by atoms with E-state index in [-0.39, 0.29) is 11.8 Å². The van der Waals surface area contributed by atoms with E-state index in [4.69, 9.17) is 9.47 Å². The molecule has 6 heteroatoms. The van der Waals surface area contributed by atoms with E-state index in [1.807, 2.05) is 24.3 Å². The summed E-state index contributed by atoms with van der Waals surface area (Å²) in [5, 5.41) is 2.87. The van der Waals surface area contributed by atoms with Crippen molar-refractivity contribution in [2.75, 3.05) is 31.0 Å². The number of amides is 2. The summed E-state index contributed by atoms with van der Waals surface area (Å²) in [5.41, 5.74) is 3.54. The normalized spacial score (nSPS) is 13.2. The topological polar surface area (TPSA) is 67.9 Å². The number of fused-ring (bicyclic) bond motifs is 1. The van der Waals surface area contributed by atoms with Crippen molar-refractivity contribution >= 4 is 29.3 Å². The van der Waals surface area contributed by atoms with Gasteiger partial charge in [0.05, 0.1) is 14.2 Å². The Labute approximate surface area is 164 Å². The van der Waals surface area contributed by atoms with Crippen LogP contribution in [0.4, 0.5) is 11.4 Å². The third kappa shape index (κ3) is 4.34. The highest BCUT2D eigenvalue weighted by atomic mass is 16.5. The van der Waals surface area contributed by atoms with E-state index in [1.54, 1.807) is 44.3 Å². The molecule has 0 aromatic heterocycles. The molecule has 0 saturated carbocycles. The maximum Gasteiger partial charge on any atom is 0.248 e. The first-order chi connectivity index (χ1) is 13.5. The molecule has 1 aliphatic rings. The molecule has 0 spiro atoms. The summed E-state index contributed by atoms with van der Waals surface area (Å²) in [6.07, 6.45) is 5.00. The van der Waals surface area contributed by atoms with Gasteiger partial charge in [0.25, 0.3) is 0 Å². The first kappa shape index (κ1) is 19.5. The highest BCUT2D eigenvalue weighted by molar-refractivity contribution is 6.02. The number of aryl methyl sites for hydroxylation is 1. The number of hydrogen-bond acceptors (Lipinski definition) is 4. The zero-order valence-corrected chi connectivity index (χ0v) is 16.3. The van der Waals surface area contributed by atoms with Gasteiger partial charge in [-0.3, -0.25) is 9.59 Å². The maximum atomic E-state index is 12.3. The van der Waals surface area contributed by atoms with E-state index < -0.39 is 0 Å². The van der Waals surface area contributed by atoms with Crippen LogP contribution in [0.2, 0.25) is 0 Å². The molecular weight excluding hydrogens is 356 g/mol. The van der Waals surface area contributed by atoms with Crippen LogP contribution in [-0.4, -0.2) is 32.6 Å². The molecule has 1 aliphatic heterocycles. The Kier molecular flexibility index (Phi) is 5.99. The highest BCUT2D eigenvalue weighted by Gasteiger charge is 2.20. The van der Waals surface area contributed by atoms with Crippen LogP contribution in [0.15, 0.2) is 42.5 Å². The molecule has 0 saturated heterocycles. The fourth-order valence-corrected chi connectivity index (χ4v) is 3.31. The molecule has 3 rings (SSSR count). The van der Waals surface area contributed by atoms with Gasteiger partial charge >= 0.3 is 0 Å². The number of hydrogen-bond donors (Lipinski definition) is 1. The predicted molar refractivity (Wildman–Crippen MR) is 110 cm³/mol. The number of rotatable bonds is 5. The zero-order chi connectivity index (χ0) is 20.1. The Balaban J connectivity index is 1.70. The monoisotopic (exact) mass is 380 g/mol. The van der Waals surface area contributed by atoms with Gasteiger partial charge in [-0.2, -0.15) is 0 Å². The van der Waals surface area contributed by atoms with Crippen LogP contribution >= 0.6 is 0 Å². The lowest BCUT2D eigenvalue weighted by Gasteiger charge is -2.28. The number of benzene rings is 2. The molecule has 0 aliphatic carbocycles. The number of ether oxygens (including phenoxy) is 2. The number of anilines is 2. The van der Waals surface area contributed by atoms with E-state index in [1.165, 1.54) is 6.08 Å². The lowest BCUT2D eigenvalue weighted by Crippen LogP contribution is -2.33. The number of carbonyl (C=O) groups is 2. The van der Waals surface area contributed by atoms with Gasteiger partial charge in [0, 0.05) is 30.9 Å². The lowest BCUT2D eigenvalue weighted by atomic mass is 10.0. The molecule has 146 valence electrons. The number of nitrogens with zero attached hydrogens (tertiary/aromatic N) is 1. The molecule has 2 amide bonds. The highest BCUT2D eigenvalue weighted by Crippen LogP contribution is 2.30. The first-order valence-corrected chi connectivity index (χ1v) is 9.14. The van der Waals surface area contributed by atoms with Gasteiger partial charge in [-0.05, 0) is 60.4 Å². The molecule has 6 nitrogen and oxygen atoms in total. The van der Waals surface area contributed by atoms with Crippen LogP contribution in [0, 0.1) is 0 Å². The minimum atomic E-state index is -0.228. The van der Waals surface area contributed by atoms with Crippen molar-refractivity contribution in [1.29, 1.82) is 0 Å². The number of carbonyl (C=O) groups excluding carboxylic acids is 2. The van der Waals surface area contributed by atoms with Gasteiger partial charge < -0.3 is 19.7 Å². The van der Waals surface area contributed by atoms with Crippen LogP contribution in [0.1, 0.15) is 24.5 Å². The molecule has 0 unspecified atom stereocenters. The second-order valence-corrected chi connectivity index (χ2v) is 6.55. The first-order valence-electron chi connectivity index (χ1n) is 9.14. The Bertz CT molecular complexity index is 921. The fourth-order valence-electron chi connectivity index (χ4n) is 3.31. The quantitative estimate of drug-likeness (QED) is 0.804. The molecular formula is C22H24N2O4. The summed E-state index contributed by atoms with van der Waals surface area (Å²) in [6.45, 7) is 2.31. The van der Waals surface area contributed by atoms with Crippen LogP contribution in [-0.2, 0) is 16.0 Å². The van der Waals surface area contributed by atoms with E-state index in [2.05, 4.69) is 5.32 Å². The smallest absolute Gasteiger partial charge is 0.248 e. The predicted octanol–water partition coefficient (Wildman–Crippen LogP) is 3.65. The molecule has 1 N–H and O–H groups in total. The van der Waals surface area contributed by atoms with Gasteiger partial charge in [0.2, 0.25) is 11.8 Å². The van der Waals surface area contributed by atoms with E-state index >= 15 is 0 Å². The zero-order valence-electron chi connectivity index (χ0n) is 16.3. The van der Waals surface area contributed by atoms with Gasteiger partial charge in [-0.25, -0.2) is 0 Å². The average Bonchev–Trinajstić information content (AvgIpc) is 2.71. The molecule has 0 radical (unpaired) electrons. The van der Waals surface area contributed by atoms with Crippen molar-refractivity contribution in [3.8, 4) is 11.5 Å². The second-order valence-electron chi connectivity index (χ2n) is 6.55. The summed E-state index contributed by atoms with van der Waals surface area (Å²) in [7, 11) is 3.15. The van der Waals surface area contributed by atoms with E-state index in [9.17, 15) is 9.59 Å². The van der Waals surface area contributed by atoms with E-state index in [0.717, 1.165) is 36.2 Å².